The Labute approximate surface area is 61.3 Å². The number of hydrogen-bond donors (Lipinski definition) is 1. The highest BCUT2D eigenvalue weighted by molar-refractivity contribution is 5.13. The molecule has 0 heterocycles. The van der Waals surface area contributed by atoms with Crippen molar-refractivity contribution in [3.63, 3.8) is 0 Å². The van der Waals surface area contributed by atoms with Crippen LogP contribution < -0.4 is 18.1 Å². The minimum Gasteiger partial charge on any atom is -1.00 e. The normalized spacial score (nSPS) is 8.11. The maximum Gasteiger partial charge on any atom is 0.0178 e. The summed E-state index contributed by atoms with van der Waals surface area (Å²) in [6.45, 7) is 0.640. The van der Waals surface area contributed by atoms with Gasteiger partial charge >= 0.3 is 0 Å². The van der Waals surface area contributed by atoms with Gasteiger partial charge in [0.05, 0.1) is 0 Å². The van der Waals surface area contributed by atoms with Gasteiger partial charge < -0.3 is 18.1 Å². The molecule has 0 bridgehead atoms. The predicted molar refractivity (Wildman–Crippen MR) is 34.3 cm³/mol. The van der Waals surface area contributed by atoms with Gasteiger partial charge in [0, 0.05) is 6.54 Å². The molecule has 9 heavy (non-hydrogen) atoms. The first-order chi connectivity index (χ1) is 3.93. The van der Waals surface area contributed by atoms with E-state index < -0.39 is 0 Å². The van der Waals surface area contributed by atoms with Gasteiger partial charge in [0.15, 0.2) is 0 Å². The van der Waals surface area contributed by atoms with Crippen molar-refractivity contribution in [2.75, 3.05) is 0 Å². The molecule has 0 radical (unpaired) electrons. The van der Waals surface area contributed by atoms with Crippen molar-refractivity contribution in [1.82, 2.24) is 0 Å². The molecule has 0 saturated heterocycles. The molecule has 2 heteroatoms. The summed E-state index contributed by atoms with van der Waals surface area (Å²) in [6.07, 6.45) is 0. The van der Waals surface area contributed by atoms with E-state index in [2.05, 4.69) is 0 Å². The van der Waals surface area contributed by atoms with Crippen LogP contribution in [-0.2, 0) is 6.54 Å². The van der Waals surface area contributed by atoms with Crippen molar-refractivity contribution >= 4 is 0 Å². The summed E-state index contributed by atoms with van der Waals surface area (Å²) in [5.74, 6) is 0. The van der Waals surface area contributed by atoms with Crippen LogP contribution in [0.3, 0.4) is 0 Å². The molecule has 1 aromatic carbocycles. The third-order valence-corrected chi connectivity index (χ3v) is 1.08. The fourth-order valence-corrected chi connectivity index (χ4v) is 0.614. The quantitative estimate of drug-likeness (QED) is 0.490. The van der Waals surface area contributed by atoms with E-state index in [0.717, 1.165) is 0 Å². The summed E-state index contributed by atoms with van der Waals surface area (Å²) in [4.78, 5) is 0. The van der Waals surface area contributed by atoms with Gasteiger partial charge in [-0.2, -0.15) is 0 Å². The van der Waals surface area contributed by atoms with E-state index >= 15 is 0 Å². The zero-order valence-electron chi connectivity index (χ0n) is 5.05. The fourth-order valence-electron chi connectivity index (χ4n) is 0.614. The second kappa shape index (κ2) is 4.36. The standard InChI is InChI=1S/C7H9N.ClH/c8-6-7-4-2-1-3-5-7;/h1-5H,6,8H2;1H/p-1. The van der Waals surface area contributed by atoms with Crippen molar-refractivity contribution in [3.05, 3.63) is 35.9 Å². The maximum atomic E-state index is 5.35. The molecule has 0 amide bonds. The van der Waals surface area contributed by atoms with Gasteiger partial charge in [0.1, 0.15) is 0 Å². The van der Waals surface area contributed by atoms with Crippen molar-refractivity contribution in [3.8, 4) is 0 Å². The molecule has 0 unspecified atom stereocenters. The van der Waals surface area contributed by atoms with Gasteiger partial charge in [-0.3, -0.25) is 0 Å². The Bertz CT molecular complexity index is 150. The smallest absolute Gasteiger partial charge is 0.0178 e. The maximum absolute atomic E-state index is 5.35. The number of hydrogen-bond acceptors (Lipinski definition) is 1. The molecule has 0 aromatic heterocycles. The third-order valence-electron chi connectivity index (χ3n) is 1.08. The zero-order chi connectivity index (χ0) is 5.82. The van der Waals surface area contributed by atoms with Crippen LogP contribution in [0.5, 0.6) is 0 Å². The first kappa shape index (κ1) is 8.47. The lowest BCUT2D eigenvalue weighted by Gasteiger charge is -1.90. The molecule has 1 aromatic rings. The van der Waals surface area contributed by atoms with Gasteiger partial charge in [-0.15, -0.1) is 0 Å². The van der Waals surface area contributed by atoms with E-state index in [1.54, 1.807) is 0 Å². The molecule has 0 aliphatic carbocycles. The highest BCUT2D eigenvalue weighted by Crippen LogP contribution is 1.94. The van der Waals surface area contributed by atoms with Crippen LogP contribution in [0.1, 0.15) is 5.56 Å². The minimum absolute atomic E-state index is 0. The Balaban J connectivity index is 0.000000640. The lowest BCUT2D eigenvalue weighted by Crippen LogP contribution is -3.00. The van der Waals surface area contributed by atoms with E-state index in [-0.39, 0.29) is 12.4 Å². The van der Waals surface area contributed by atoms with E-state index in [9.17, 15) is 0 Å². The summed E-state index contributed by atoms with van der Waals surface area (Å²) in [7, 11) is 0. The molecule has 0 saturated carbocycles. The van der Waals surface area contributed by atoms with Crippen LogP contribution >= 0.6 is 0 Å². The second-order valence-electron chi connectivity index (χ2n) is 1.69. The minimum atomic E-state index is 0. The van der Waals surface area contributed by atoms with Gasteiger partial charge in [-0.05, 0) is 5.56 Å². The average molecular weight is 143 g/mol. The second-order valence-corrected chi connectivity index (χ2v) is 1.69. The molecule has 2 N–H and O–H groups in total. The van der Waals surface area contributed by atoms with Crippen LogP contribution in [0.15, 0.2) is 30.3 Å². The number of halogens is 1. The highest BCUT2D eigenvalue weighted by Gasteiger charge is 1.80. The first-order valence-electron chi connectivity index (χ1n) is 2.67. The average Bonchev–Trinajstić information content (AvgIpc) is 1.90. The summed E-state index contributed by atoms with van der Waals surface area (Å²) < 4.78 is 0. The molecule has 1 rings (SSSR count). The molecule has 0 aliphatic heterocycles. The van der Waals surface area contributed by atoms with Crippen LogP contribution in [0.2, 0.25) is 0 Å². The Morgan fingerprint density at radius 3 is 2.00 bits per heavy atom. The summed E-state index contributed by atoms with van der Waals surface area (Å²) in [6, 6.07) is 9.99. The van der Waals surface area contributed by atoms with Crippen LogP contribution in [0.4, 0.5) is 0 Å². The van der Waals surface area contributed by atoms with Crippen molar-refractivity contribution in [2.24, 2.45) is 5.73 Å². The summed E-state index contributed by atoms with van der Waals surface area (Å²) in [5.41, 5.74) is 6.54. The summed E-state index contributed by atoms with van der Waals surface area (Å²) in [5, 5.41) is 0. The van der Waals surface area contributed by atoms with Crippen LogP contribution in [0, 0.1) is 0 Å². The topological polar surface area (TPSA) is 26.0 Å². The molecular weight excluding hydrogens is 134 g/mol. The molecule has 0 spiro atoms. The van der Waals surface area contributed by atoms with Gasteiger partial charge in [0.25, 0.3) is 0 Å². The van der Waals surface area contributed by atoms with Crippen LogP contribution in [0.25, 0.3) is 0 Å². The number of rotatable bonds is 1. The third kappa shape index (κ3) is 2.49. The number of nitrogens with two attached hydrogens (primary N) is 1. The zero-order valence-corrected chi connectivity index (χ0v) is 5.81. The van der Waals surface area contributed by atoms with E-state index in [4.69, 9.17) is 5.73 Å². The molecule has 0 fully saturated rings. The van der Waals surface area contributed by atoms with Crippen molar-refractivity contribution in [1.29, 1.82) is 0 Å². The first-order valence-corrected chi connectivity index (χ1v) is 2.67. The largest absolute Gasteiger partial charge is 1.00 e. The molecule has 0 aliphatic rings. The highest BCUT2D eigenvalue weighted by atomic mass is 35.5. The lowest BCUT2D eigenvalue weighted by molar-refractivity contribution is -0.00000172. The van der Waals surface area contributed by atoms with Crippen LogP contribution in [-0.4, -0.2) is 0 Å². The molecule has 50 valence electrons. The molecule has 1 nitrogen and oxygen atoms in total. The SMILES string of the molecule is NCc1ccccc1.[Cl-]. The Hall–Kier alpha value is -0.530. The van der Waals surface area contributed by atoms with E-state index in [1.807, 2.05) is 30.3 Å². The van der Waals surface area contributed by atoms with Gasteiger partial charge in [0.2, 0.25) is 0 Å². The number of benzene rings is 1. The Kier molecular flexibility index (Phi) is 4.10. The molecular formula is C7H9ClN-. The molecule has 0 atom stereocenters. The fraction of sp³-hybridized carbons (Fsp3) is 0.143. The van der Waals surface area contributed by atoms with Crippen molar-refractivity contribution < 1.29 is 12.4 Å². The Morgan fingerprint density at radius 1 is 1.11 bits per heavy atom. The monoisotopic (exact) mass is 142 g/mol. The summed E-state index contributed by atoms with van der Waals surface area (Å²) >= 11 is 0. The van der Waals surface area contributed by atoms with Gasteiger partial charge in [-0.1, -0.05) is 30.3 Å². The van der Waals surface area contributed by atoms with Crippen molar-refractivity contribution in [2.45, 2.75) is 6.54 Å². The van der Waals surface area contributed by atoms with E-state index in [1.165, 1.54) is 5.56 Å². The predicted octanol–water partition coefficient (Wildman–Crippen LogP) is -1.85. The Morgan fingerprint density at radius 2 is 1.67 bits per heavy atom. The van der Waals surface area contributed by atoms with E-state index in [0.29, 0.717) is 6.54 Å². The van der Waals surface area contributed by atoms with Gasteiger partial charge in [-0.25, -0.2) is 0 Å². The lowest BCUT2D eigenvalue weighted by atomic mass is 10.2.